The largest absolute Gasteiger partial charge is 0.0995 e. The minimum atomic E-state index is 0.928. The van der Waals surface area contributed by atoms with Crippen molar-refractivity contribution in [2.45, 2.75) is 46.0 Å². The fourth-order valence-electron chi connectivity index (χ4n) is 3.31. The van der Waals surface area contributed by atoms with Gasteiger partial charge in [0.05, 0.1) is 0 Å². The third-order valence-corrected chi connectivity index (χ3v) is 4.31. The second-order valence-electron chi connectivity index (χ2n) is 5.12. The van der Waals surface area contributed by atoms with Gasteiger partial charge in [0.15, 0.2) is 0 Å². The molecule has 0 nitrogen and oxygen atoms in total. The summed E-state index contributed by atoms with van der Waals surface area (Å²) in [7, 11) is 0. The van der Waals surface area contributed by atoms with Crippen LogP contribution in [0.5, 0.6) is 0 Å². The first-order chi connectivity index (χ1) is 6.24. The summed E-state index contributed by atoms with van der Waals surface area (Å²) >= 11 is 0. The van der Waals surface area contributed by atoms with Crippen molar-refractivity contribution in [2.24, 2.45) is 23.7 Å². The number of rotatable bonds is 3. The molecule has 0 saturated heterocycles. The fourth-order valence-corrected chi connectivity index (χ4v) is 3.31. The van der Waals surface area contributed by atoms with E-state index in [9.17, 15) is 0 Å². The molecule has 2 rings (SSSR count). The molecule has 0 heterocycles. The molecule has 0 N–H and O–H groups in total. The minimum absolute atomic E-state index is 0.928. The maximum Gasteiger partial charge on any atom is -0.0137 e. The summed E-state index contributed by atoms with van der Waals surface area (Å²) in [5.41, 5.74) is 1.54. The highest BCUT2D eigenvalue weighted by Gasteiger charge is 2.43. The van der Waals surface area contributed by atoms with E-state index in [4.69, 9.17) is 0 Å². The number of hydrogen-bond donors (Lipinski definition) is 0. The van der Waals surface area contributed by atoms with Crippen LogP contribution in [0.1, 0.15) is 46.0 Å². The highest BCUT2D eigenvalue weighted by atomic mass is 14.5. The number of hydrogen-bond acceptors (Lipinski definition) is 0. The topological polar surface area (TPSA) is 0 Å². The van der Waals surface area contributed by atoms with Gasteiger partial charge in [-0.15, -0.1) is 0 Å². The van der Waals surface area contributed by atoms with Crippen LogP contribution in [-0.4, -0.2) is 0 Å². The molecule has 4 atom stereocenters. The quantitative estimate of drug-likeness (QED) is 0.572. The summed E-state index contributed by atoms with van der Waals surface area (Å²) in [5, 5.41) is 0. The Labute approximate surface area is 82.4 Å². The Morgan fingerprint density at radius 3 is 2.62 bits per heavy atom. The van der Waals surface area contributed by atoms with Crippen LogP contribution in [0.25, 0.3) is 0 Å². The molecular formula is C13H22. The van der Waals surface area contributed by atoms with Gasteiger partial charge >= 0.3 is 0 Å². The summed E-state index contributed by atoms with van der Waals surface area (Å²) in [5.74, 6) is 3.94. The molecule has 0 spiro atoms. The Balaban J connectivity index is 1.91. The van der Waals surface area contributed by atoms with Gasteiger partial charge in [0.1, 0.15) is 0 Å². The lowest BCUT2D eigenvalue weighted by atomic mass is 9.86. The molecule has 2 fully saturated rings. The van der Waals surface area contributed by atoms with Gasteiger partial charge in [-0.05, 0) is 42.9 Å². The van der Waals surface area contributed by atoms with Crippen molar-refractivity contribution in [3.8, 4) is 0 Å². The summed E-state index contributed by atoms with van der Waals surface area (Å²) in [6.07, 6.45) is 7.14. The molecule has 0 aromatic heterocycles. The Hall–Kier alpha value is -0.260. The van der Waals surface area contributed by atoms with E-state index >= 15 is 0 Å². The van der Waals surface area contributed by atoms with Gasteiger partial charge in [-0.2, -0.15) is 0 Å². The molecule has 74 valence electrons. The summed E-state index contributed by atoms with van der Waals surface area (Å²) in [6, 6.07) is 0. The van der Waals surface area contributed by atoms with Crippen molar-refractivity contribution < 1.29 is 0 Å². The van der Waals surface area contributed by atoms with Crippen LogP contribution >= 0.6 is 0 Å². The smallest absolute Gasteiger partial charge is 0.0137 e. The van der Waals surface area contributed by atoms with Crippen LogP contribution in [0.3, 0.4) is 0 Å². The Bertz CT molecular complexity index is 204. The summed E-state index contributed by atoms with van der Waals surface area (Å²) in [6.45, 7) is 8.89. The van der Waals surface area contributed by atoms with E-state index in [1.54, 1.807) is 0 Å². The summed E-state index contributed by atoms with van der Waals surface area (Å²) in [4.78, 5) is 0. The molecule has 0 amide bonds. The molecular weight excluding hydrogens is 156 g/mol. The third-order valence-electron chi connectivity index (χ3n) is 4.31. The first-order valence-corrected chi connectivity index (χ1v) is 5.91. The SMILES string of the molecule is C=C1CC1C1CC[C@@H](CCC)C1C. The zero-order valence-corrected chi connectivity index (χ0v) is 9.05. The van der Waals surface area contributed by atoms with Crippen molar-refractivity contribution in [3.05, 3.63) is 12.2 Å². The van der Waals surface area contributed by atoms with Crippen LogP contribution in [0.4, 0.5) is 0 Å². The molecule has 0 aromatic carbocycles. The predicted octanol–water partition coefficient (Wildman–Crippen LogP) is 4.02. The van der Waals surface area contributed by atoms with Crippen LogP contribution in [0, 0.1) is 23.7 Å². The molecule has 2 aliphatic carbocycles. The molecule has 13 heavy (non-hydrogen) atoms. The average Bonchev–Trinajstić information content (AvgIpc) is 2.70. The van der Waals surface area contributed by atoms with Crippen molar-refractivity contribution in [1.82, 2.24) is 0 Å². The molecule has 3 unspecified atom stereocenters. The van der Waals surface area contributed by atoms with Gasteiger partial charge in [-0.3, -0.25) is 0 Å². The van der Waals surface area contributed by atoms with Crippen LogP contribution < -0.4 is 0 Å². The molecule has 0 bridgehead atoms. The lowest BCUT2D eigenvalue weighted by Crippen LogP contribution is -2.12. The van der Waals surface area contributed by atoms with Crippen molar-refractivity contribution in [2.75, 3.05) is 0 Å². The maximum atomic E-state index is 4.10. The van der Waals surface area contributed by atoms with Crippen molar-refractivity contribution in [3.63, 3.8) is 0 Å². The van der Waals surface area contributed by atoms with Gasteiger partial charge in [-0.25, -0.2) is 0 Å². The fraction of sp³-hybridized carbons (Fsp3) is 0.846. The first kappa shape index (κ1) is 9.30. The van der Waals surface area contributed by atoms with E-state index in [0.717, 1.165) is 23.7 Å². The van der Waals surface area contributed by atoms with Gasteiger partial charge in [0, 0.05) is 0 Å². The van der Waals surface area contributed by atoms with E-state index in [1.165, 1.54) is 37.7 Å². The second-order valence-corrected chi connectivity index (χ2v) is 5.12. The molecule has 2 saturated carbocycles. The van der Waals surface area contributed by atoms with Crippen LogP contribution in [0.2, 0.25) is 0 Å². The van der Waals surface area contributed by atoms with E-state index in [0.29, 0.717) is 0 Å². The highest BCUT2D eigenvalue weighted by molar-refractivity contribution is 5.21. The van der Waals surface area contributed by atoms with Crippen molar-refractivity contribution >= 4 is 0 Å². The lowest BCUT2D eigenvalue weighted by molar-refractivity contribution is 0.303. The highest BCUT2D eigenvalue weighted by Crippen LogP contribution is 2.53. The van der Waals surface area contributed by atoms with E-state index in [-0.39, 0.29) is 0 Å². The third kappa shape index (κ3) is 1.68. The summed E-state index contributed by atoms with van der Waals surface area (Å²) < 4.78 is 0. The van der Waals surface area contributed by atoms with Crippen LogP contribution in [0.15, 0.2) is 12.2 Å². The second kappa shape index (κ2) is 3.48. The minimum Gasteiger partial charge on any atom is -0.0995 e. The van der Waals surface area contributed by atoms with Gasteiger partial charge in [-0.1, -0.05) is 38.8 Å². The van der Waals surface area contributed by atoms with Gasteiger partial charge in [0.25, 0.3) is 0 Å². The zero-order valence-electron chi connectivity index (χ0n) is 9.05. The molecule has 2 aliphatic rings. The first-order valence-electron chi connectivity index (χ1n) is 5.91. The number of allylic oxidation sites excluding steroid dienone is 1. The van der Waals surface area contributed by atoms with Crippen LogP contribution in [-0.2, 0) is 0 Å². The van der Waals surface area contributed by atoms with E-state index in [2.05, 4.69) is 20.4 Å². The average molecular weight is 178 g/mol. The lowest BCUT2D eigenvalue weighted by Gasteiger charge is -2.19. The molecule has 0 aromatic rings. The Morgan fingerprint density at radius 2 is 2.08 bits per heavy atom. The van der Waals surface area contributed by atoms with E-state index in [1.807, 2.05) is 0 Å². The molecule has 0 aliphatic heterocycles. The van der Waals surface area contributed by atoms with Crippen molar-refractivity contribution in [1.29, 1.82) is 0 Å². The monoisotopic (exact) mass is 178 g/mol. The predicted molar refractivity (Wildman–Crippen MR) is 57.5 cm³/mol. The van der Waals surface area contributed by atoms with Gasteiger partial charge < -0.3 is 0 Å². The Morgan fingerprint density at radius 1 is 1.38 bits per heavy atom. The van der Waals surface area contributed by atoms with E-state index < -0.39 is 0 Å². The normalized spacial score (nSPS) is 44.0. The molecule has 0 heteroatoms. The zero-order chi connectivity index (χ0) is 9.42. The standard InChI is InChI=1S/C13H22/c1-4-5-11-6-7-12(10(11)3)13-8-9(13)2/h10-13H,2,4-8H2,1,3H3/t10?,11-,12?,13?/m1/s1. The molecule has 0 radical (unpaired) electrons. The maximum absolute atomic E-state index is 4.10. The van der Waals surface area contributed by atoms with Gasteiger partial charge in [0.2, 0.25) is 0 Å². The Kier molecular flexibility index (Phi) is 2.49.